The number of rotatable bonds is 4. The fourth-order valence-electron chi connectivity index (χ4n) is 2.68. The van der Waals surface area contributed by atoms with Crippen molar-refractivity contribution in [1.82, 2.24) is 9.38 Å². The molecule has 0 atom stereocenters. The third-order valence-corrected chi connectivity index (χ3v) is 4.63. The number of ether oxygens (including phenoxy) is 1. The summed E-state index contributed by atoms with van der Waals surface area (Å²) in [6.07, 6.45) is 1.86. The SMILES string of the molecule is Ic1cnc2cc(-c3ccccc3)cc(OCc3ccccc3)n12. The first kappa shape index (κ1) is 15.2. The number of halogens is 1. The van der Waals surface area contributed by atoms with Gasteiger partial charge in [-0.2, -0.15) is 0 Å². The molecule has 2 heterocycles. The lowest BCUT2D eigenvalue weighted by Crippen LogP contribution is -2.02. The van der Waals surface area contributed by atoms with E-state index >= 15 is 0 Å². The highest BCUT2D eigenvalue weighted by Crippen LogP contribution is 2.28. The summed E-state index contributed by atoms with van der Waals surface area (Å²) >= 11 is 2.28. The van der Waals surface area contributed by atoms with Crippen LogP contribution in [-0.2, 0) is 6.61 Å². The summed E-state index contributed by atoms with van der Waals surface area (Å²) in [4.78, 5) is 4.50. The van der Waals surface area contributed by atoms with Crippen LogP contribution >= 0.6 is 22.6 Å². The fraction of sp³-hybridized carbons (Fsp3) is 0.0500. The summed E-state index contributed by atoms with van der Waals surface area (Å²) in [5, 5.41) is 0. The Morgan fingerprint density at radius 2 is 1.58 bits per heavy atom. The number of aromatic nitrogens is 2. The van der Waals surface area contributed by atoms with Crippen LogP contribution in [0, 0.1) is 3.70 Å². The molecule has 0 saturated carbocycles. The molecule has 4 aromatic rings. The van der Waals surface area contributed by atoms with Gasteiger partial charge in [0.05, 0.1) is 6.20 Å². The van der Waals surface area contributed by atoms with Crippen molar-refractivity contribution in [2.45, 2.75) is 6.61 Å². The Labute approximate surface area is 154 Å². The number of hydrogen-bond acceptors (Lipinski definition) is 2. The first-order valence-corrected chi connectivity index (χ1v) is 8.78. The van der Waals surface area contributed by atoms with Gasteiger partial charge in [0.2, 0.25) is 5.88 Å². The van der Waals surface area contributed by atoms with Gasteiger partial charge in [-0.3, -0.25) is 4.40 Å². The van der Waals surface area contributed by atoms with Gasteiger partial charge in [-0.05, 0) is 45.3 Å². The van der Waals surface area contributed by atoms with Gasteiger partial charge in [-0.25, -0.2) is 4.98 Å². The molecule has 0 aliphatic carbocycles. The molecule has 24 heavy (non-hydrogen) atoms. The highest BCUT2D eigenvalue weighted by Gasteiger charge is 2.11. The summed E-state index contributed by atoms with van der Waals surface area (Å²) < 4.78 is 9.20. The van der Waals surface area contributed by atoms with Crippen LogP contribution in [0.5, 0.6) is 5.88 Å². The fourth-order valence-corrected chi connectivity index (χ4v) is 3.30. The Morgan fingerprint density at radius 3 is 2.33 bits per heavy atom. The minimum atomic E-state index is 0.530. The topological polar surface area (TPSA) is 26.5 Å². The van der Waals surface area contributed by atoms with Gasteiger partial charge in [0.1, 0.15) is 16.0 Å². The Balaban J connectivity index is 1.76. The smallest absolute Gasteiger partial charge is 0.201 e. The molecule has 0 aliphatic rings. The molecule has 0 saturated heterocycles. The molecule has 3 nitrogen and oxygen atoms in total. The predicted molar refractivity (Wildman–Crippen MR) is 104 cm³/mol. The van der Waals surface area contributed by atoms with Gasteiger partial charge < -0.3 is 4.74 Å². The number of benzene rings is 2. The maximum absolute atomic E-state index is 6.12. The van der Waals surface area contributed by atoms with E-state index in [1.54, 1.807) is 0 Å². The molecular weight excluding hydrogens is 411 g/mol. The van der Waals surface area contributed by atoms with Crippen LogP contribution in [0.3, 0.4) is 0 Å². The third-order valence-electron chi connectivity index (χ3n) is 3.87. The monoisotopic (exact) mass is 426 g/mol. The highest BCUT2D eigenvalue weighted by atomic mass is 127. The van der Waals surface area contributed by atoms with E-state index in [0.717, 1.165) is 31.9 Å². The average molecular weight is 426 g/mol. The molecule has 0 amide bonds. The van der Waals surface area contributed by atoms with Gasteiger partial charge in [0.15, 0.2) is 0 Å². The Kier molecular flexibility index (Phi) is 4.21. The number of fused-ring (bicyclic) bond motifs is 1. The quantitative estimate of drug-likeness (QED) is 0.420. The molecule has 2 aromatic carbocycles. The summed E-state index contributed by atoms with van der Waals surface area (Å²) in [5.41, 5.74) is 4.30. The Morgan fingerprint density at radius 1 is 0.875 bits per heavy atom. The van der Waals surface area contributed by atoms with Crippen molar-refractivity contribution in [2.24, 2.45) is 0 Å². The van der Waals surface area contributed by atoms with Crippen molar-refractivity contribution in [3.63, 3.8) is 0 Å². The molecule has 0 bridgehead atoms. The molecule has 4 heteroatoms. The minimum Gasteiger partial charge on any atom is -0.474 e. The first-order valence-electron chi connectivity index (χ1n) is 7.70. The zero-order chi connectivity index (χ0) is 16.4. The van der Waals surface area contributed by atoms with Crippen molar-refractivity contribution < 1.29 is 4.74 Å². The molecule has 118 valence electrons. The van der Waals surface area contributed by atoms with Gasteiger partial charge >= 0.3 is 0 Å². The van der Waals surface area contributed by atoms with Crippen molar-refractivity contribution >= 4 is 28.2 Å². The largest absolute Gasteiger partial charge is 0.474 e. The molecular formula is C20H15IN2O. The van der Waals surface area contributed by atoms with Crippen LogP contribution in [0.4, 0.5) is 0 Å². The van der Waals surface area contributed by atoms with Gasteiger partial charge in [0.25, 0.3) is 0 Å². The zero-order valence-corrected chi connectivity index (χ0v) is 15.1. The van der Waals surface area contributed by atoms with E-state index in [2.05, 4.69) is 64.0 Å². The summed E-state index contributed by atoms with van der Waals surface area (Å²) in [6, 6.07) is 24.7. The molecule has 0 unspecified atom stereocenters. The summed E-state index contributed by atoms with van der Waals surface area (Å²) in [6.45, 7) is 0.530. The van der Waals surface area contributed by atoms with E-state index < -0.39 is 0 Å². The van der Waals surface area contributed by atoms with Crippen LogP contribution in [0.25, 0.3) is 16.8 Å². The van der Waals surface area contributed by atoms with Crippen LogP contribution in [0.15, 0.2) is 79.0 Å². The molecule has 2 aromatic heterocycles. The predicted octanol–water partition coefficient (Wildman–Crippen LogP) is 5.18. The number of hydrogen-bond donors (Lipinski definition) is 0. The second kappa shape index (κ2) is 6.65. The molecule has 0 N–H and O–H groups in total. The average Bonchev–Trinajstić information content (AvgIpc) is 3.02. The van der Waals surface area contributed by atoms with E-state index in [4.69, 9.17) is 4.74 Å². The van der Waals surface area contributed by atoms with Crippen LogP contribution in [-0.4, -0.2) is 9.38 Å². The molecule has 0 radical (unpaired) electrons. The van der Waals surface area contributed by atoms with E-state index in [9.17, 15) is 0 Å². The van der Waals surface area contributed by atoms with Crippen molar-refractivity contribution in [3.8, 4) is 17.0 Å². The highest BCUT2D eigenvalue weighted by molar-refractivity contribution is 14.1. The van der Waals surface area contributed by atoms with Crippen molar-refractivity contribution in [2.75, 3.05) is 0 Å². The second-order valence-electron chi connectivity index (χ2n) is 5.50. The molecule has 0 fully saturated rings. The normalized spacial score (nSPS) is 10.9. The summed E-state index contributed by atoms with van der Waals surface area (Å²) in [7, 11) is 0. The van der Waals surface area contributed by atoms with Crippen molar-refractivity contribution in [3.05, 3.63) is 88.3 Å². The van der Waals surface area contributed by atoms with Crippen LogP contribution in [0.2, 0.25) is 0 Å². The lowest BCUT2D eigenvalue weighted by molar-refractivity contribution is 0.289. The minimum absolute atomic E-state index is 0.530. The van der Waals surface area contributed by atoms with E-state index in [-0.39, 0.29) is 0 Å². The lowest BCUT2D eigenvalue weighted by atomic mass is 10.1. The van der Waals surface area contributed by atoms with Crippen LogP contribution in [0.1, 0.15) is 5.56 Å². The zero-order valence-electron chi connectivity index (χ0n) is 12.9. The van der Waals surface area contributed by atoms with Crippen molar-refractivity contribution in [1.29, 1.82) is 0 Å². The first-order chi connectivity index (χ1) is 11.8. The van der Waals surface area contributed by atoms with E-state index in [0.29, 0.717) is 6.61 Å². The number of imidazole rings is 1. The Hall–Kier alpha value is -2.34. The van der Waals surface area contributed by atoms with E-state index in [1.807, 2.05) is 47.0 Å². The third kappa shape index (κ3) is 3.01. The second-order valence-corrected chi connectivity index (χ2v) is 6.60. The van der Waals surface area contributed by atoms with Crippen LogP contribution < -0.4 is 4.74 Å². The van der Waals surface area contributed by atoms with Gasteiger partial charge in [-0.1, -0.05) is 60.7 Å². The van der Waals surface area contributed by atoms with Gasteiger partial charge in [-0.15, -0.1) is 0 Å². The summed E-state index contributed by atoms with van der Waals surface area (Å²) in [5.74, 6) is 0.803. The maximum Gasteiger partial charge on any atom is 0.201 e. The number of pyridine rings is 1. The maximum atomic E-state index is 6.12. The standard InChI is InChI=1S/C20H15IN2O/c21-18-13-22-19-11-17(16-9-5-2-6-10-16)12-20(23(18)19)24-14-15-7-3-1-4-8-15/h1-13H,14H2. The van der Waals surface area contributed by atoms with Gasteiger partial charge in [0, 0.05) is 6.07 Å². The molecule has 0 aliphatic heterocycles. The Bertz CT molecular complexity index is 965. The molecule has 4 rings (SSSR count). The molecule has 0 spiro atoms. The number of nitrogens with zero attached hydrogens (tertiary/aromatic N) is 2. The van der Waals surface area contributed by atoms with E-state index in [1.165, 1.54) is 0 Å². The lowest BCUT2D eigenvalue weighted by Gasteiger charge is -2.12.